The van der Waals surface area contributed by atoms with Crippen LogP contribution in [0.1, 0.15) is 6.92 Å². The van der Waals surface area contributed by atoms with Crippen LogP contribution in [0.3, 0.4) is 0 Å². The van der Waals surface area contributed by atoms with Gasteiger partial charge < -0.3 is 4.52 Å². The zero-order chi connectivity index (χ0) is 5.91. The minimum absolute atomic E-state index is 0.247. The topological polar surface area (TPSA) is 9.23 Å². The number of hydrogen-bond donors (Lipinski definition) is 0. The summed E-state index contributed by atoms with van der Waals surface area (Å²) in [5.41, 5.74) is 0. The summed E-state index contributed by atoms with van der Waals surface area (Å²) in [6.45, 7) is 1.89. The Kier molecular flexibility index (Phi) is 3.33. The quantitative estimate of drug-likeness (QED) is 0.577. The Balaban J connectivity index is 3.36. The van der Waals surface area contributed by atoms with Crippen LogP contribution in [-0.2, 0) is 16.3 Å². The lowest BCUT2D eigenvalue weighted by molar-refractivity contribution is 0.364. The van der Waals surface area contributed by atoms with Crippen molar-refractivity contribution in [3.8, 4) is 0 Å². The standard InChI is InChI=1S/C2H5ClFOPS/c1-2-5-6(3,4)7/h2H2,1H3. The van der Waals surface area contributed by atoms with Gasteiger partial charge >= 0.3 is 5.93 Å². The summed E-state index contributed by atoms with van der Waals surface area (Å²) < 4.78 is 16.1. The highest BCUT2D eigenvalue weighted by atomic mass is 35.7. The fourth-order valence-electron chi connectivity index (χ4n) is 0.150. The van der Waals surface area contributed by atoms with E-state index in [2.05, 4.69) is 16.3 Å². The Labute approximate surface area is 51.8 Å². The first-order valence-corrected chi connectivity index (χ1v) is 5.22. The van der Waals surface area contributed by atoms with E-state index in [1.807, 2.05) is 0 Å². The maximum absolute atomic E-state index is 11.9. The van der Waals surface area contributed by atoms with Crippen LogP contribution in [0.4, 0.5) is 4.20 Å². The van der Waals surface area contributed by atoms with E-state index in [4.69, 9.17) is 11.2 Å². The van der Waals surface area contributed by atoms with E-state index >= 15 is 0 Å². The molecular weight excluding hydrogens is 158 g/mol. The van der Waals surface area contributed by atoms with Crippen LogP contribution in [0.5, 0.6) is 0 Å². The lowest BCUT2D eigenvalue weighted by Crippen LogP contribution is -1.74. The second kappa shape index (κ2) is 2.98. The molecular formula is C2H5ClFOPS. The summed E-state index contributed by atoms with van der Waals surface area (Å²) in [6.07, 6.45) is 0. The highest BCUT2D eigenvalue weighted by Crippen LogP contribution is 2.54. The van der Waals surface area contributed by atoms with Gasteiger partial charge in [0.15, 0.2) is 0 Å². The molecule has 0 aliphatic heterocycles. The van der Waals surface area contributed by atoms with E-state index in [9.17, 15) is 4.20 Å². The van der Waals surface area contributed by atoms with Gasteiger partial charge in [-0.2, -0.15) is 4.20 Å². The zero-order valence-corrected chi connectivity index (χ0v) is 6.19. The Morgan fingerprint density at radius 1 is 2.00 bits per heavy atom. The number of hydrogen-bond acceptors (Lipinski definition) is 2. The van der Waals surface area contributed by atoms with E-state index in [-0.39, 0.29) is 6.61 Å². The van der Waals surface area contributed by atoms with E-state index in [1.54, 1.807) is 6.92 Å². The summed E-state index contributed by atoms with van der Waals surface area (Å²) >= 11 is 8.94. The summed E-state index contributed by atoms with van der Waals surface area (Å²) in [5.74, 6) is -3.36. The van der Waals surface area contributed by atoms with Crippen LogP contribution >= 0.6 is 17.2 Å². The van der Waals surface area contributed by atoms with Gasteiger partial charge in [-0.25, -0.2) is 0 Å². The minimum Gasteiger partial charge on any atom is -0.315 e. The zero-order valence-electron chi connectivity index (χ0n) is 3.73. The molecule has 0 amide bonds. The van der Waals surface area contributed by atoms with E-state index in [1.165, 1.54) is 0 Å². The molecule has 0 aromatic heterocycles. The van der Waals surface area contributed by atoms with E-state index in [0.717, 1.165) is 0 Å². The Morgan fingerprint density at radius 3 is 2.43 bits per heavy atom. The fraction of sp³-hybridized carbons (Fsp3) is 1.00. The van der Waals surface area contributed by atoms with Crippen LogP contribution in [0.25, 0.3) is 0 Å². The Bertz CT molecular complexity index is 91.7. The van der Waals surface area contributed by atoms with Gasteiger partial charge in [0.25, 0.3) is 0 Å². The largest absolute Gasteiger partial charge is 0.321 e. The van der Waals surface area contributed by atoms with Gasteiger partial charge in [-0.1, -0.05) is 0 Å². The number of rotatable bonds is 2. The van der Waals surface area contributed by atoms with Crippen LogP contribution in [0, 0.1) is 0 Å². The average molecular weight is 163 g/mol. The lowest BCUT2D eigenvalue weighted by Gasteiger charge is -1.98. The first-order chi connectivity index (χ1) is 3.06. The van der Waals surface area contributed by atoms with Crippen molar-refractivity contribution >= 4 is 29.0 Å². The van der Waals surface area contributed by atoms with Gasteiger partial charge in [0.1, 0.15) is 0 Å². The van der Waals surface area contributed by atoms with E-state index < -0.39 is 5.93 Å². The molecule has 0 saturated carbocycles. The van der Waals surface area contributed by atoms with Crippen molar-refractivity contribution in [2.75, 3.05) is 6.61 Å². The summed E-state index contributed by atoms with van der Waals surface area (Å²) in [6, 6.07) is 0. The van der Waals surface area contributed by atoms with Crippen LogP contribution in [0.15, 0.2) is 0 Å². The minimum atomic E-state index is -3.36. The summed E-state index contributed by atoms with van der Waals surface area (Å²) in [7, 11) is 0. The normalized spacial score (nSPS) is 18.7. The maximum atomic E-state index is 11.9. The highest BCUT2D eigenvalue weighted by Gasteiger charge is 2.07. The van der Waals surface area contributed by atoms with Crippen LogP contribution in [-0.4, -0.2) is 6.61 Å². The molecule has 1 nitrogen and oxygen atoms in total. The molecule has 0 radical (unpaired) electrons. The predicted molar refractivity (Wildman–Crippen MR) is 32.9 cm³/mol. The Hall–Kier alpha value is 0.830. The molecule has 0 saturated heterocycles. The van der Waals surface area contributed by atoms with Gasteiger partial charge in [0.2, 0.25) is 0 Å². The molecule has 0 fully saturated rings. The molecule has 1 atom stereocenters. The van der Waals surface area contributed by atoms with Crippen LogP contribution < -0.4 is 0 Å². The highest BCUT2D eigenvalue weighted by molar-refractivity contribution is 8.22. The first-order valence-electron chi connectivity index (χ1n) is 1.70. The van der Waals surface area contributed by atoms with Gasteiger partial charge in [0, 0.05) is 0 Å². The third-order valence-corrected chi connectivity index (χ3v) is 1.45. The van der Waals surface area contributed by atoms with Crippen molar-refractivity contribution in [1.82, 2.24) is 0 Å². The van der Waals surface area contributed by atoms with Crippen molar-refractivity contribution in [2.45, 2.75) is 6.92 Å². The van der Waals surface area contributed by atoms with Crippen molar-refractivity contribution in [2.24, 2.45) is 0 Å². The summed E-state index contributed by atoms with van der Waals surface area (Å²) in [4.78, 5) is 0. The van der Waals surface area contributed by atoms with Crippen molar-refractivity contribution in [1.29, 1.82) is 0 Å². The molecule has 0 rings (SSSR count). The Morgan fingerprint density at radius 2 is 2.43 bits per heavy atom. The van der Waals surface area contributed by atoms with Crippen molar-refractivity contribution in [3.05, 3.63) is 0 Å². The number of halogens is 2. The molecule has 0 aromatic carbocycles. The van der Waals surface area contributed by atoms with Crippen molar-refractivity contribution in [3.63, 3.8) is 0 Å². The van der Waals surface area contributed by atoms with Crippen molar-refractivity contribution < 1.29 is 8.72 Å². The molecule has 0 aromatic rings. The molecule has 0 aliphatic rings. The lowest BCUT2D eigenvalue weighted by atomic mass is 10.9. The first kappa shape index (κ1) is 7.83. The SMILES string of the molecule is CCOP(F)(=S)Cl. The third-order valence-electron chi connectivity index (χ3n) is 0.279. The third kappa shape index (κ3) is 6.83. The van der Waals surface area contributed by atoms with Gasteiger partial charge in [-0.3, -0.25) is 0 Å². The average Bonchev–Trinajstić information content (AvgIpc) is 1.30. The predicted octanol–water partition coefficient (Wildman–Crippen LogP) is 2.46. The summed E-state index contributed by atoms with van der Waals surface area (Å²) in [5, 5.41) is 0. The van der Waals surface area contributed by atoms with Gasteiger partial charge in [-0.15, -0.1) is 0 Å². The molecule has 0 bridgehead atoms. The smallest absolute Gasteiger partial charge is 0.315 e. The molecule has 0 N–H and O–H groups in total. The molecule has 7 heavy (non-hydrogen) atoms. The second-order valence-electron chi connectivity index (χ2n) is 0.832. The van der Waals surface area contributed by atoms with Crippen LogP contribution in [0.2, 0.25) is 0 Å². The molecule has 1 unspecified atom stereocenters. The molecule has 0 aliphatic carbocycles. The molecule has 5 heteroatoms. The maximum Gasteiger partial charge on any atom is 0.321 e. The van der Waals surface area contributed by atoms with Gasteiger partial charge in [0.05, 0.1) is 6.61 Å². The molecule has 44 valence electrons. The second-order valence-corrected chi connectivity index (χ2v) is 5.23. The molecule has 0 heterocycles. The monoisotopic (exact) mass is 162 g/mol. The molecule has 0 spiro atoms. The fourth-order valence-corrected chi connectivity index (χ4v) is 1.06. The van der Waals surface area contributed by atoms with E-state index in [0.29, 0.717) is 0 Å². The van der Waals surface area contributed by atoms with Gasteiger partial charge in [-0.05, 0) is 30.0 Å².